The average molecular weight is 1100 g/mol. The van der Waals surface area contributed by atoms with Gasteiger partial charge in [0.05, 0.1) is 43.1 Å². The number of nitrogens with zero attached hydrogens (tertiary/aromatic N) is 6. The third-order valence-electron chi connectivity index (χ3n) is 11.1. The first-order valence-corrected chi connectivity index (χ1v) is 27.9. The van der Waals surface area contributed by atoms with Gasteiger partial charge in [-0.15, -0.1) is 25.6 Å². The van der Waals surface area contributed by atoms with Crippen LogP contribution < -0.4 is 5.32 Å². The molecule has 0 amide bonds. The van der Waals surface area contributed by atoms with Gasteiger partial charge in [-0.25, -0.2) is 0 Å². The van der Waals surface area contributed by atoms with Crippen molar-refractivity contribution >= 4 is 139 Å². The van der Waals surface area contributed by atoms with Crippen LogP contribution in [0.2, 0.25) is 0 Å². The molecule has 9 rings (SSSR count). The summed E-state index contributed by atoms with van der Waals surface area (Å²) >= 11 is 0. The van der Waals surface area contributed by atoms with Crippen LogP contribution in [0.15, 0.2) is 201 Å². The van der Waals surface area contributed by atoms with E-state index in [1.165, 1.54) is 60.7 Å². The number of anilines is 2. The van der Waals surface area contributed by atoms with E-state index < -0.39 is 86.5 Å². The van der Waals surface area contributed by atoms with Crippen LogP contribution in [0.5, 0.6) is 5.75 Å². The highest BCUT2D eigenvalue weighted by Gasteiger charge is 2.24. The summed E-state index contributed by atoms with van der Waals surface area (Å²) in [4.78, 5) is -3.65. The molecular formula is C46H31N7O16S5. The maximum absolute atomic E-state index is 12.7. The van der Waals surface area contributed by atoms with Gasteiger partial charge in [0.1, 0.15) is 15.5 Å². The molecule has 0 bridgehead atoms. The van der Waals surface area contributed by atoms with Crippen molar-refractivity contribution in [1.82, 2.24) is 0 Å². The minimum atomic E-state index is -5.08. The SMILES string of the molecule is O=S(=O)(O)c1cc(S(=O)(=O)O)c2cc(N=Nc3ccc(N=Nc4ccc(N=Nc5c(S(=O)(=O)O)cc6cc(Nc7ccccc7)ccc6c5O)c5cc(S(=O)(=O)O)ccc45)c4cc(S(=O)(=O)O)ccc34)ccc2c1. The summed E-state index contributed by atoms with van der Waals surface area (Å²) in [7, 11) is -24.7. The van der Waals surface area contributed by atoms with E-state index in [0.717, 1.165) is 42.5 Å². The van der Waals surface area contributed by atoms with E-state index >= 15 is 0 Å². The number of aromatic hydroxyl groups is 1. The molecule has 28 heteroatoms. The molecule has 0 atom stereocenters. The van der Waals surface area contributed by atoms with Crippen molar-refractivity contribution in [3.8, 4) is 5.75 Å². The van der Waals surface area contributed by atoms with Gasteiger partial charge in [-0.05, 0) is 120 Å². The molecule has 0 spiro atoms. The normalized spacial score (nSPS) is 13.1. The van der Waals surface area contributed by atoms with Gasteiger partial charge in [0.25, 0.3) is 50.6 Å². The van der Waals surface area contributed by atoms with Gasteiger partial charge in [0.2, 0.25) is 0 Å². The number of benzene rings is 9. The molecule has 0 heterocycles. The molecule has 0 aromatic heterocycles. The quantitative estimate of drug-likeness (QED) is 0.0416. The average Bonchev–Trinajstić information content (AvgIpc) is 3.33. The molecule has 74 heavy (non-hydrogen) atoms. The minimum absolute atomic E-state index is 0.0139. The maximum Gasteiger partial charge on any atom is 0.296 e. The molecule has 376 valence electrons. The van der Waals surface area contributed by atoms with E-state index in [0.29, 0.717) is 17.4 Å². The summed E-state index contributed by atoms with van der Waals surface area (Å²) < 4.78 is 172. The molecule has 0 saturated heterocycles. The maximum atomic E-state index is 12.7. The smallest absolute Gasteiger partial charge is 0.296 e. The number of phenols is 1. The Bertz CT molecular complexity index is 4560. The second-order valence-corrected chi connectivity index (χ2v) is 23.0. The number of hydrogen-bond acceptors (Lipinski definition) is 18. The lowest BCUT2D eigenvalue weighted by atomic mass is 10.1. The van der Waals surface area contributed by atoms with Crippen LogP contribution in [0.4, 0.5) is 45.5 Å². The van der Waals surface area contributed by atoms with Crippen molar-refractivity contribution in [2.45, 2.75) is 24.5 Å². The fourth-order valence-corrected chi connectivity index (χ4v) is 10.7. The van der Waals surface area contributed by atoms with Gasteiger partial charge in [-0.1, -0.05) is 36.4 Å². The second-order valence-electron chi connectivity index (χ2n) is 15.9. The van der Waals surface area contributed by atoms with E-state index in [2.05, 4.69) is 36.0 Å². The Balaban J connectivity index is 1.11. The van der Waals surface area contributed by atoms with E-state index in [-0.39, 0.29) is 71.5 Å². The molecule has 9 aromatic rings. The highest BCUT2D eigenvalue weighted by Crippen LogP contribution is 2.44. The molecule has 9 aromatic carbocycles. The van der Waals surface area contributed by atoms with Crippen molar-refractivity contribution < 1.29 is 70.0 Å². The Morgan fingerprint density at radius 2 is 0.838 bits per heavy atom. The lowest BCUT2D eigenvalue weighted by Gasteiger charge is -2.12. The van der Waals surface area contributed by atoms with Crippen LogP contribution in [-0.2, 0) is 50.6 Å². The Hall–Kier alpha value is -8.03. The Morgan fingerprint density at radius 1 is 0.338 bits per heavy atom. The first-order valence-electron chi connectivity index (χ1n) is 20.7. The van der Waals surface area contributed by atoms with Crippen LogP contribution in [0, 0.1) is 0 Å². The number of para-hydroxylation sites is 1. The number of azo groups is 3. The van der Waals surface area contributed by atoms with E-state index in [4.69, 9.17) is 0 Å². The number of phenolic OH excluding ortho intramolecular Hbond substituents is 1. The Morgan fingerprint density at radius 3 is 1.36 bits per heavy atom. The molecule has 23 nitrogen and oxygen atoms in total. The zero-order valence-corrected chi connectivity index (χ0v) is 40.9. The van der Waals surface area contributed by atoms with Crippen LogP contribution in [0.25, 0.3) is 43.1 Å². The van der Waals surface area contributed by atoms with Crippen LogP contribution in [-0.4, -0.2) is 70.0 Å². The fraction of sp³-hybridized carbons (Fsp3) is 0. The Kier molecular flexibility index (Phi) is 12.9. The highest BCUT2D eigenvalue weighted by atomic mass is 32.2. The van der Waals surface area contributed by atoms with Crippen molar-refractivity contribution in [3.05, 3.63) is 146 Å². The van der Waals surface area contributed by atoms with Crippen LogP contribution in [0.1, 0.15) is 0 Å². The topological polar surface area (TPSA) is 378 Å². The molecule has 0 radical (unpaired) electrons. The first kappa shape index (κ1) is 50.9. The summed E-state index contributed by atoms with van der Waals surface area (Å²) in [6, 6.07) is 32.0. The molecule has 7 N–H and O–H groups in total. The standard InChI is InChI=1S/C46H31N7O16S5/c54-46-33-11-8-28(47-27-4-2-1-3-5-27)18-26(33)20-44(74(67,68)69)45(46)53-52-42-17-15-40(35-13-10-31(23-38(35)42)71(58,59)60)50-51-41-16-14-39(34-12-9-30(22-37(34)41)70(55,56)57)49-48-29-7-6-25-19-32(72(61,62)63)24-43(36(25)21-29)73(64,65)66/h1-24,47,54H,(H,55,56,57)(H,58,59,60)(H,61,62,63)(H,64,65,66)(H,67,68,69). The predicted octanol–water partition coefficient (Wildman–Crippen LogP) is 11.2. The molecule has 0 fully saturated rings. The summed E-state index contributed by atoms with van der Waals surface area (Å²) in [6.07, 6.45) is 0. The molecule has 0 aliphatic rings. The third-order valence-corrected chi connectivity index (χ3v) is 15.4. The fourth-order valence-electron chi connectivity index (χ4n) is 7.71. The van der Waals surface area contributed by atoms with E-state index in [1.54, 1.807) is 30.3 Å². The molecule has 0 aliphatic carbocycles. The van der Waals surface area contributed by atoms with Crippen molar-refractivity contribution in [1.29, 1.82) is 0 Å². The van der Waals surface area contributed by atoms with E-state index in [1.807, 2.05) is 6.07 Å². The van der Waals surface area contributed by atoms with Crippen molar-refractivity contribution in [3.63, 3.8) is 0 Å². The molecule has 0 aliphatic heterocycles. The Labute approximate surface area is 418 Å². The van der Waals surface area contributed by atoms with Gasteiger partial charge < -0.3 is 10.4 Å². The zero-order chi connectivity index (χ0) is 53.1. The summed E-state index contributed by atoms with van der Waals surface area (Å²) in [5.74, 6) is -0.683. The third kappa shape index (κ3) is 10.6. The second kappa shape index (κ2) is 18.8. The predicted molar refractivity (Wildman–Crippen MR) is 269 cm³/mol. The van der Waals surface area contributed by atoms with Crippen molar-refractivity contribution in [2.75, 3.05) is 5.32 Å². The largest absolute Gasteiger partial charge is 0.505 e. The molecule has 0 unspecified atom stereocenters. The minimum Gasteiger partial charge on any atom is -0.505 e. The van der Waals surface area contributed by atoms with Crippen molar-refractivity contribution in [2.24, 2.45) is 30.7 Å². The number of rotatable bonds is 13. The number of nitrogens with one attached hydrogen (secondary N) is 1. The zero-order valence-electron chi connectivity index (χ0n) is 36.8. The summed E-state index contributed by atoms with van der Waals surface area (Å²) in [5.41, 5.74) is 0.427. The van der Waals surface area contributed by atoms with Gasteiger partial charge in [0.15, 0.2) is 5.75 Å². The lowest BCUT2D eigenvalue weighted by molar-refractivity contribution is 0.472. The summed E-state index contributed by atoms with van der Waals surface area (Å²) in [6.45, 7) is 0. The summed E-state index contributed by atoms with van der Waals surface area (Å²) in [5, 5.41) is 40.0. The van der Waals surface area contributed by atoms with Crippen LogP contribution >= 0.6 is 0 Å². The van der Waals surface area contributed by atoms with Gasteiger partial charge in [-0.2, -0.15) is 47.2 Å². The monoisotopic (exact) mass is 1100 g/mol. The number of hydrogen-bond donors (Lipinski definition) is 7. The van der Waals surface area contributed by atoms with Gasteiger partial charge in [0, 0.05) is 43.7 Å². The highest BCUT2D eigenvalue weighted by molar-refractivity contribution is 7.87. The lowest BCUT2D eigenvalue weighted by Crippen LogP contribution is -2.04. The van der Waals surface area contributed by atoms with Crippen LogP contribution in [0.3, 0.4) is 0 Å². The van der Waals surface area contributed by atoms with E-state index in [9.17, 15) is 70.0 Å². The molecule has 0 saturated carbocycles. The van der Waals surface area contributed by atoms with Gasteiger partial charge in [-0.3, -0.25) is 22.8 Å². The first-order chi connectivity index (χ1) is 34.7. The number of fused-ring (bicyclic) bond motifs is 4. The van der Waals surface area contributed by atoms with Gasteiger partial charge >= 0.3 is 0 Å². The molecular weight excluding hydrogens is 1070 g/mol.